The number of amides is 2. The van der Waals surface area contributed by atoms with Gasteiger partial charge in [0.1, 0.15) is 11.4 Å². The molecule has 0 aliphatic carbocycles. The number of ether oxygens (including phenoxy) is 1. The zero-order valence-corrected chi connectivity index (χ0v) is 21.8. The van der Waals surface area contributed by atoms with Crippen LogP contribution in [0.2, 0.25) is 0 Å². The van der Waals surface area contributed by atoms with Gasteiger partial charge < -0.3 is 9.64 Å². The van der Waals surface area contributed by atoms with Crippen LogP contribution in [0.15, 0.2) is 29.6 Å². The summed E-state index contributed by atoms with van der Waals surface area (Å²) in [5.41, 5.74) is 1.60. The molecule has 1 fully saturated rings. The Labute approximate surface area is 212 Å². The molecule has 0 spiro atoms. The van der Waals surface area contributed by atoms with Crippen molar-refractivity contribution in [1.82, 2.24) is 14.9 Å². The SMILES string of the molecule is CC(=O)c1sc(NC(=O)c2csc(C3CCN(C(=O)c4ccc(OC(C)C)cc4)CC3)n2)nc1C. The number of piperidine rings is 1. The van der Waals surface area contributed by atoms with Crippen molar-refractivity contribution in [2.24, 2.45) is 0 Å². The maximum Gasteiger partial charge on any atom is 0.276 e. The normalized spacial score (nSPS) is 14.3. The number of aryl methyl sites for hydroxylation is 1. The van der Waals surface area contributed by atoms with Crippen molar-refractivity contribution < 1.29 is 19.1 Å². The van der Waals surface area contributed by atoms with Crippen molar-refractivity contribution in [3.05, 3.63) is 56.5 Å². The highest BCUT2D eigenvalue weighted by atomic mass is 32.1. The minimum atomic E-state index is -0.339. The average Bonchev–Trinajstić information content (AvgIpc) is 3.46. The van der Waals surface area contributed by atoms with E-state index in [-0.39, 0.29) is 29.6 Å². The Kier molecular flexibility index (Phi) is 7.61. The molecule has 35 heavy (non-hydrogen) atoms. The number of ketones is 1. The summed E-state index contributed by atoms with van der Waals surface area (Å²) in [6.45, 7) is 8.44. The van der Waals surface area contributed by atoms with Gasteiger partial charge in [-0.1, -0.05) is 11.3 Å². The maximum atomic E-state index is 12.9. The van der Waals surface area contributed by atoms with E-state index in [9.17, 15) is 14.4 Å². The van der Waals surface area contributed by atoms with E-state index in [0.717, 1.165) is 23.6 Å². The lowest BCUT2D eigenvalue weighted by Crippen LogP contribution is -2.37. The fourth-order valence-electron chi connectivity index (χ4n) is 3.98. The van der Waals surface area contributed by atoms with Crippen LogP contribution in [0.25, 0.3) is 0 Å². The van der Waals surface area contributed by atoms with Gasteiger partial charge in [0.25, 0.3) is 11.8 Å². The third-order valence-corrected chi connectivity index (χ3v) is 7.88. The van der Waals surface area contributed by atoms with Crippen molar-refractivity contribution in [1.29, 1.82) is 0 Å². The van der Waals surface area contributed by atoms with Gasteiger partial charge in [0, 0.05) is 36.9 Å². The summed E-state index contributed by atoms with van der Waals surface area (Å²) in [6, 6.07) is 7.27. The number of anilines is 1. The molecular formula is C25H28N4O4S2. The van der Waals surface area contributed by atoms with E-state index >= 15 is 0 Å². The van der Waals surface area contributed by atoms with Crippen LogP contribution in [0.5, 0.6) is 5.75 Å². The molecule has 3 heterocycles. The largest absolute Gasteiger partial charge is 0.491 e. The Hall–Kier alpha value is -3.11. The molecule has 0 bridgehead atoms. The topological polar surface area (TPSA) is 101 Å². The van der Waals surface area contributed by atoms with Crippen molar-refractivity contribution in [3.63, 3.8) is 0 Å². The molecule has 2 aromatic heterocycles. The maximum absolute atomic E-state index is 12.9. The van der Waals surface area contributed by atoms with Crippen molar-refractivity contribution >= 4 is 45.4 Å². The summed E-state index contributed by atoms with van der Waals surface area (Å²) in [7, 11) is 0. The first kappa shape index (κ1) is 25.0. The number of carbonyl (C=O) groups is 3. The first-order valence-corrected chi connectivity index (χ1v) is 13.2. The highest BCUT2D eigenvalue weighted by Crippen LogP contribution is 2.31. The van der Waals surface area contributed by atoms with E-state index in [4.69, 9.17) is 4.74 Å². The number of aromatic nitrogens is 2. The monoisotopic (exact) mass is 512 g/mol. The van der Waals surface area contributed by atoms with Crippen molar-refractivity contribution in [3.8, 4) is 5.75 Å². The van der Waals surface area contributed by atoms with Crippen LogP contribution < -0.4 is 10.1 Å². The van der Waals surface area contributed by atoms with Crippen LogP contribution in [0.1, 0.15) is 80.8 Å². The molecule has 1 aliphatic rings. The summed E-state index contributed by atoms with van der Waals surface area (Å²) >= 11 is 2.63. The molecule has 1 N–H and O–H groups in total. The second-order valence-corrected chi connectivity index (χ2v) is 10.7. The van der Waals surface area contributed by atoms with Crippen LogP contribution in [-0.4, -0.2) is 51.7 Å². The van der Waals surface area contributed by atoms with E-state index in [1.165, 1.54) is 29.6 Å². The fraction of sp³-hybridized carbons (Fsp3) is 0.400. The summed E-state index contributed by atoms with van der Waals surface area (Å²) in [5, 5.41) is 5.78. The summed E-state index contributed by atoms with van der Waals surface area (Å²) in [5.74, 6) is 0.566. The van der Waals surface area contributed by atoms with E-state index in [2.05, 4.69) is 15.3 Å². The molecule has 2 amide bonds. The molecule has 1 aromatic carbocycles. The minimum Gasteiger partial charge on any atom is -0.491 e. The van der Waals surface area contributed by atoms with Gasteiger partial charge in [0.2, 0.25) is 0 Å². The Morgan fingerprint density at radius 1 is 1.11 bits per heavy atom. The summed E-state index contributed by atoms with van der Waals surface area (Å²) in [4.78, 5) is 48.4. The number of Topliss-reactive ketones (excluding diaryl/α,β-unsaturated/α-hetero) is 1. The molecule has 1 saturated heterocycles. The van der Waals surface area contributed by atoms with Gasteiger partial charge in [0.05, 0.1) is 21.7 Å². The predicted molar refractivity (Wildman–Crippen MR) is 137 cm³/mol. The van der Waals surface area contributed by atoms with Crippen LogP contribution in [0.3, 0.4) is 0 Å². The zero-order chi connectivity index (χ0) is 25.1. The summed E-state index contributed by atoms with van der Waals surface area (Å²) < 4.78 is 5.65. The highest BCUT2D eigenvalue weighted by Gasteiger charge is 2.27. The second-order valence-electron chi connectivity index (χ2n) is 8.77. The van der Waals surface area contributed by atoms with Crippen LogP contribution in [0, 0.1) is 6.92 Å². The van der Waals surface area contributed by atoms with Crippen LogP contribution in [-0.2, 0) is 0 Å². The highest BCUT2D eigenvalue weighted by molar-refractivity contribution is 7.17. The van der Waals surface area contributed by atoms with E-state index in [1.807, 2.05) is 30.9 Å². The molecule has 184 valence electrons. The van der Waals surface area contributed by atoms with Gasteiger partial charge in [-0.2, -0.15) is 0 Å². The third-order valence-electron chi connectivity index (χ3n) is 5.70. The average molecular weight is 513 g/mol. The van der Waals surface area contributed by atoms with E-state index < -0.39 is 0 Å². The Balaban J connectivity index is 1.32. The third kappa shape index (κ3) is 5.94. The molecule has 0 saturated carbocycles. The first-order chi connectivity index (χ1) is 16.7. The molecule has 0 atom stereocenters. The minimum absolute atomic E-state index is 0.0161. The number of thiazole rings is 2. The lowest BCUT2D eigenvalue weighted by Gasteiger charge is -2.31. The molecular weight excluding hydrogens is 484 g/mol. The predicted octanol–water partition coefficient (Wildman–Crippen LogP) is 5.17. The van der Waals surface area contributed by atoms with E-state index in [1.54, 1.807) is 24.4 Å². The fourth-order valence-corrected chi connectivity index (χ4v) is 5.81. The molecule has 1 aliphatic heterocycles. The lowest BCUT2D eigenvalue weighted by molar-refractivity contribution is 0.0712. The van der Waals surface area contributed by atoms with Gasteiger partial charge in [-0.15, -0.1) is 11.3 Å². The molecule has 10 heteroatoms. The van der Waals surface area contributed by atoms with E-state index in [0.29, 0.717) is 40.0 Å². The Bertz CT molecular complexity index is 1220. The Morgan fingerprint density at radius 2 is 1.80 bits per heavy atom. The number of hydrogen-bond donors (Lipinski definition) is 1. The molecule has 0 radical (unpaired) electrons. The first-order valence-electron chi connectivity index (χ1n) is 11.5. The summed E-state index contributed by atoms with van der Waals surface area (Å²) in [6.07, 6.45) is 1.68. The number of carbonyl (C=O) groups excluding carboxylic acids is 3. The quantitative estimate of drug-likeness (QED) is 0.438. The number of nitrogens with zero attached hydrogens (tertiary/aromatic N) is 3. The Morgan fingerprint density at radius 3 is 2.40 bits per heavy atom. The molecule has 8 nitrogen and oxygen atoms in total. The number of benzene rings is 1. The standard InChI is InChI=1S/C25H28N4O4S2/c1-14(2)33-19-7-5-18(6-8-19)24(32)29-11-9-17(10-12-29)23-27-20(13-34-23)22(31)28-25-26-15(3)21(35-25)16(4)30/h5-8,13-14,17H,9-12H2,1-4H3,(H,26,28,31). The molecule has 0 unspecified atom stereocenters. The lowest BCUT2D eigenvalue weighted by atomic mass is 9.97. The molecule has 3 aromatic rings. The van der Waals surface area contributed by atoms with Gasteiger partial charge in [-0.25, -0.2) is 9.97 Å². The van der Waals surface area contributed by atoms with Gasteiger partial charge in [-0.05, 0) is 57.9 Å². The number of rotatable bonds is 7. The second kappa shape index (κ2) is 10.7. The molecule has 4 rings (SSSR count). The van der Waals surface area contributed by atoms with Gasteiger partial charge >= 0.3 is 0 Å². The van der Waals surface area contributed by atoms with Crippen LogP contribution >= 0.6 is 22.7 Å². The van der Waals surface area contributed by atoms with Crippen LogP contribution in [0.4, 0.5) is 5.13 Å². The van der Waals surface area contributed by atoms with Gasteiger partial charge in [0.15, 0.2) is 10.9 Å². The number of hydrogen-bond acceptors (Lipinski definition) is 8. The smallest absolute Gasteiger partial charge is 0.276 e. The zero-order valence-electron chi connectivity index (χ0n) is 20.2. The number of nitrogens with one attached hydrogen (secondary N) is 1. The van der Waals surface area contributed by atoms with Gasteiger partial charge in [-0.3, -0.25) is 19.7 Å². The van der Waals surface area contributed by atoms with Crippen molar-refractivity contribution in [2.75, 3.05) is 18.4 Å². The van der Waals surface area contributed by atoms with Crippen molar-refractivity contribution in [2.45, 2.75) is 52.6 Å². The number of likely N-dealkylation sites (tertiary alicyclic amines) is 1.